The number of aryl methyl sites for hydroxylation is 1. The lowest BCUT2D eigenvalue weighted by atomic mass is 10.1. The summed E-state index contributed by atoms with van der Waals surface area (Å²) in [7, 11) is 1.55. The molecule has 3 rings (SSSR count). The Kier molecular flexibility index (Phi) is 5.84. The lowest BCUT2D eigenvalue weighted by molar-refractivity contribution is -0.116. The number of nitrogens with one attached hydrogen (secondary N) is 1. The smallest absolute Gasteiger partial charge is 0.272 e. The van der Waals surface area contributed by atoms with Crippen molar-refractivity contribution in [3.63, 3.8) is 0 Å². The molecule has 3 aromatic rings. The van der Waals surface area contributed by atoms with E-state index in [9.17, 15) is 14.0 Å². The molecule has 0 saturated heterocycles. The van der Waals surface area contributed by atoms with Crippen molar-refractivity contribution in [2.75, 3.05) is 18.9 Å². The van der Waals surface area contributed by atoms with Crippen molar-refractivity contribution in [3.05, 3.63) is 78.1 Å². The van der Waals surface area contributed by atoms with Crippen LogP contribution < -0.4 is 5.32 Å². The average Bonchev–Trinajstić information content (AvgIpc) is 3.18. The fourth-order valence-corrected chi connectivity index (χ4v) is 2.88. The van der Waals surface area contributed by atoms with Crippen LogP contribution in [0.2, 0.25) is 0 Å². The molecule has 0 bridgehead atoms. The summed E-state index contributed by atoms with van der Waals surface area (Å²) in [5.74, 6) is -1.01. The molecule has 0 saturated carbocycles. The first-order valence-corrected chi connectivity index (χ1v) is 8.91. The number of hydrogen-bond acceptors (Lipinski definition) is 3. The number of carbonyl (C=O) groups is 2. The molecular formula is C21H21FN4O2. The quantitative estimate of drug-likeness (QED) is 0.714. The largest absolute Gasteiger partial charge is 0.331 e. The Balaban J connectivity index is 1.71. The minimum atomic E-state index is -0.363. The first-order chi connectivity index (χ1) is 13.5. The summed E-state index contributed by atoms with van der Waals surface area (Å²) >= 11 is 0. The Hall–Kier alpha value is -3.48. The Morgan fingerprint density at radius 1 is 1.14 bits per heavy atom. The molecule has 144 valence electrons. The fourth-order valence-electron chi connectivity index (χ4n) is 2.88. The number of aromatic nitrogens is 2. The normalized spacial score (nSPS) is 10.5. The van der Waals surface area contributed by atoms with Gasteiger partial charge in [0, 0.05) is 18.4 Å². The molecule has 0 aliphatic rings. The van der Waals surface area contributed by atoms with Gasteiger partial charge in [-0.25, -0.2) is 9.37 Å². The number of hydrogen-bond donors (Lipinski definition) is 1. The van der Waals surface area contributed by atoms with Gasteiger partial charge in [-0.15, -0.1) is 0 Å². The summed E-state index contributed by atoms with van der Waals surface area (Å²) < 4.78 is 14.7. The Morgan fingerprint density at radius 3 is 2.57 bits per heavy atom. The minimum absolute atomic E-state index is 0.106. The molecule has 28 heavy (non-hydrogen) atoms. The van der Waals surface area contributed by atoms with Crippen molar-refractivity contribution < 1.29 is 14.0 Å². The van der Waals surface area contributed by atoms with E-state index in [-0.39, 0.29) is 29.9 Å². The molecule has 2 amide bonds. The summed E-state index contributed by atoms with van der Waals surface area (Å²) in [5, 5.41) is 2.85. The summed E-state index contributed by atoms with van der Waals surface area (Å²) in [5.41, 5.74) is 2.67. The van der Waals surface area contributed by atoms with Gasteiger partial charge in [0.1, 0.15) is 11.5 Å². The number of anilines is 1. The van der Waals surface area contributed by atoms with Crippen LogP contribution in [0, 0.1) is 5.82 Å². The third-order valence-electron chi connectivity index (χ3n) is 4.36. The molecule has 2 aromatic carbocycles. The number of amides is 2. The van der Waals surface area contributed by atoms with Gasteiger partial charge in [-0.1, -0.05) is 25.1 Å². The van der Waals surface area contributed by atoms with Crippen LogP contribution in [0.5, 0.6) is 0 Å². The maximum absolute atomic E-state index is 13.1. The predicted molar refractivity (Wildman–Crippen MR) is 105 cm³/mol. The van der Waals surface area contributed by atoms with Gasteiger partial charge in [0.25, 0.3) is 5.91 Å². The zero-order chi connectivity index (χ0) is 20.1. The second kappa shape index (κ2) is 8.47. The Morgan fingerprint density at radius 2 is 1.86 bits per heavy atom. The van der Waals surface area contributed by atoms with Crippen molar-refractivity contribution in [3.8, 4) is 5.69 Å². The molecule has 7 heteroatoms. The van der Waals surface area contributed by atoms with Crippen LogP contribution in [0.25, 0.3) is 5.69 Å². The number of benzene rings is 2. The van der Waals surface area contributed by atoms with Gasteiger partial charge in [0.15, 0.2) is 0 Å². The van der Waals surface area contributed by atoms with Crippen LogP contribution in [0.3, 0.4) is 0 Å². The van der Waals surface area contributed by atoms with Gasteiger partial charge in [0.05, 0.1) is 19.1 Å². The average molecular weight is 380 g/mol. The molecule has 0 aliphatic heterocycles. The van der Waals surface area contributed by atoms with Crippen LogP contribution in [0.15, 0.2) is 61.1 Å². The first-order valence-electron chi connectivity index (χ1n) is 8.91. The van der Waals surface area contributed by atoms with Gasteiger partial charge in [-0.2, -0.15) is 0 Å². The van der Waals surface area contributed by atoms with E-state index in [4.69, 9.17) is 0 Å². The maximum Gasteiger partial charge on any atom is 0.272 e. The summed E-state index contributed by atoms with van der Waals surface area (Å²) in [6.45, 7) is 1.91. The zero-order valence-corrected chi connectivity index (χ0v) is 15.7. The third-order valence-corrected chi connectivity index (χ3v) is 4.36. The van der Waals surface area contributed by atoms with Crippen LogP contribution in [0.1, 0.15) is 23.0 Å². The van der Waals surface area contributed by atoms with E-state index in [0.29, 0.717) is 5.69 Å². The number of nitrogens with zero attached hydrogens (tertiary/aromatic N) is 3. The molecule has 0 unspecified atom stereocenters. The number of rotatable bonds is 6. The van der Waals surface area contributed by atoms with Crippen molar-refractivity contribution in [1.29, 1.82) is 0 Å². The van der Waals surface area contributed by atoms with Gasteiger partial charge in [-0.3, -0.25) is 14.2 Å². The van der Waals surface area contributed by atoms with Gasteiger partial charge in [0.2, 0.25) is 5.91 Å². The number of likely N-dealkylation sites (N-methyl/N-ethyl adjacent to an activating group) is 1. The zero-order valence-electron chi connectivity index (χ0n) is 15.7. The highest BCUT2D eigenvalue weighted by atomic mass is 19.1. The van der Waals surface area contributed by atoms with E-state index in [1.807, 2.05) is 31.2 Å². The van der Waals surface area contributed by atoms with Gasteiger partial charge >= 0.3 is 0 Å². The van der Waals surface area contributed by atoms with E-state index in [0.717, 1.165) is 17.7 Å². The first kappa shape index (κ1) is 19.3. The Labute approximate surface area is 162 Å². The minimum Gasteiger partial charge on any atom is -0.331 e. The lowest BCUT2D eigenvalue weighted by Gasteiger charge is -2.18. The van der Waals surface area contributed by atoms with E-state index in [1.165, 1.54) is 29.6 Å². The predicted octanol–water partition coefficient (Wildman–Crippen LogP) is 3.28. The highest BCUT2D eigenvalue weighted by Crippen LogP contribution is 2.16. The van der Waals surface area contributed by atoms with E-state index in [1.54, 1.807) is 23.7 Å². The molecule has 0 atom stereocenters. The molecule has 1 N–H and O–H groups in total. The van der Waals surface area contributed by atoms with Gasteiger partial charge < -0.3 is 10.2 Å². The molecule has 6 nitrogen and oxygen atoms in total. The highest BCUT2D eigenvalue weighted by Gasteiger charge is 2.20. The molecular weight excluding hydrogens is 359 g/mol. The van der Waals surface area contributed by atoms with Crippen LogP contribution in [0.4, 0.5) is 10.1 Å². The lowest BCUT2D eigenvalue weighted by Crippen LogP contribution is -2.35. The molecule has 0 spiro atoms. The summed E-state index contributed by atoms with van der Waals surface area (Å²) in [6, 6.07) is 13.3. The molecule has 0 aliphatic carbocycles. The second-order valence-electron chi connectivity index (χ2n) is 6.35. The number of imidazole rings is 1. The van der Waals surface area contributed by atoms with Crippen molar-refractivity contribution >= 4 is 17.5 Å². The molecule has 0 radical (unpaired) electrons. The number of halogens is 1. The van der Waals surface area contributed by atoms with Crippen LogP contribution in [-0.4, -0.2) is 39.9 Å². The monoisotopic (exact) mass is 380 g/mol. The molecule has 1 heterocycles. The fraction of sp³-hybridized carbons (Fsp3) is 0.190. The van der Waals surface area contributed by atoms with E-state index >= 15 is 0 Å². The molecule has 1 aromatic heterocycles. The maximum atomic E-state index is 13.1. The number of para-hydroxylation sites is 1. The molecule has 0 fully saturated rings. The summed E-state index contributed by atoms with van der Waals surface area (Å²) in [4.78, 5) is 30.5. The second-order valence-corrected chi connectivity index (χ2v) is 6.35. The van der Waals surface area contributed by atoms with Crippen LogP contribution >= 0.6 is 0 Å². The van der Waals surface area contributed by atoms with E-state index < -0.39 is 0 Å². The van der Waals surface area contributed by atoms with Gasteiger partial charge in [-0.05, 0) is 42.3 Å². The van der Waals surface area contributed by atoms with Crippen molar-refractivity contribution in [2.45, 2.75) is 13.3 Å². The standard InChI is InChI=1S/C21H21FN4O2/c1-3-15-6-4-5-7-18(15)24-20(27)13-25(2)21(28)19-12-23-14-26(19)17-10-8-16(22)9-11-17/h4-12,14H,3,13H2,1-2H3,(H,24,27). The highest BCUT2D eigenvalue weighted by molar-refractivity contribution is 5.98. The van der Waals surface area contributed by atoms with Crippen molar-refractivity contribution in [1.82, 2.24) is 14.5 Å². The van der Waals surface area contributed by atoms with Crippen molar-refractivity contribution in [2.24, 2.45) is 0 Å². The number of carbonyl (C=O) groups excluding carboxylic acids is 2. The third kappa shape index (κ3) is 4.25. The summed E-state index contributed by atoms with van der Waals surface area (Å²) in [6.07, 6.45) is 3.69. The SMILES string of the molecule is CCc1ccccc1NC(=O)CN(C)C(=O)c1cncn1-c1ccc(F)cc1. The van der Waals surface area contributed by atoms with Crippen LogP contribution in [-0.2, 0) is 11.2 Å². The Bertz CT molecular complexity index is 982. The topological polar surface area (TPSA) is 67.2 Å². The van der Waals surface area contributed by atoms with E-state index in [2.05, 4.69) is 10.3 Å².